The van der Waals surface area contributed by atoms with Gasteiger partial charge in [0.2, 0.25) is 0 Å². The van der Waals surface area contributed by atoms with E-state index in [0.29, 0.717) is 23.1 Å². The topological polar surface area (TPSA) is 42.7 Å². The zero-order valence-electron chi connectivity index (χ0n) is 16.6. The molecule has 0 saturated carbocycles. The van der Waals surface area contributed by atoms with E-state index >= 15 is 0 Å². The van der Waals surface area contributed by atoms with E-state index < -0.39 is 0 Å². The molecule has 0 amide bonds. The third kappa shape index (κ3) is 4.90. The molecule has 1 N–H and O–H groups in total. The van der Waals surface area contributed by atoms with Gasteiger partial charge in [-0.15, -0.1) is 0 Å². The van der Waals surface area contributed by atoms with Crippen molar-refractivity contribution in [1.82, 2.24) is 20.3 Å². The Balaban J connectivity index is 1.58. The number of nitrogens with one attached hydrogen (secondary N) is 1. The fourth-order valence-electron chi connectivity index (χ4n) is 3.30. The number of benzene rings is 3. The molecule has 0 unspecified atom stereocenters. The van der Waals surface area contributed by atoms with E-state index in [1.54, 1.807) is 10.9 Å². The SMILES string of the molecule is C[C@@H](NCc1nn(Cc2ccc(Cl)c(Cl)c2)nc1-c1ccccc1)c1ccccc1. The molecule has 3 aromatic carbocycles. The maximum atomic E-state index is 6.16. The van der Waals surface area contributed by atoms with Gasteiger partial charge in [-0.2, -0.15) is 15.0 Å². The molecule has 0 fully saturated rings. The van der Waals surface area contributed by atoms with Gasteiger partial charge in [-0.1, -0.05) is 89.9 Å². The maximum Gasteiger partial charge on any atom is 0.117 e. The molecule has 1 aromatic heterocycles. The standard InChI is InChI=1S/C24H22Cl2N4/c1-17(19-8-4-2-5-9-19)27-15-23-24(20-10-6-3-7-11-20)29-30(28-23)16-18-12-13-21(25)22(26)14-18/h2-14,17,27H,15-16H2,1H3/t17-/m1/s1. The Morgan fingerprint density at radius 3 is 2.27 bits per heavy atom. The minimum atomic E-state index is 0.204. The van der Waals surface area contributed by atoms with Gasteiger partial charge in [0.05, 0.1) is 16.6 Å². The number of nitrogens with zero attached hydrogens (tertiary/aromatic N) is 3. The highest BCUT2D eigenvalue weighted by atomic mass is 35.5. The van der Waals surface area contributed by atoms with Gasteiger partial charge in [0.25, 0.3) is 0 Å². The Kier molecular flexibility index (Phi) is 6.48. The fourth-order valence-corrected chi connectivity index (χ4v) is 3.62. The van der Waals surface area contributed by atoms with Crippen molar-refractivity contribution in [2.45, 2.75) is 26.1 Å². The van der Waals surface area contributed by atoms with Gasteiger partial charge in [0.1, 0.15) is 11.4 Å². The van der Waals surface area contributed by atoms with Crippen LogP contribution < -0.4 is 5.32 Å². The lowest BCUT2D eigenvalue weighted by molar-refractivity contribution is 0.547. The van der Waals surface area contributed by atoms with Crippen molar-refractivity contribution in [2.24, 2.45) is 0 Å². The van der Waals surface area contributed by atoms with E-state index in [1.165, 1.54) is 5.56 Å². The first kappa shape index (κ1) is 20.6. The van der Waals surface area contributed by atoms with Gasteiger partial charge in [0, 0.05) is 18.2 Å². The maximum absolute atomic E-state index is 6.16. The molecular formula is C24H22Cl2N4. The van der Waals surface area contributed by atoms with Crippen LogP contribution in [0.1, 0.15) is 29.8 Å². The summed E-state index contributed by atoms with van der Waals surface area (Å²) in [5, 5.41) is 14.2. The van der Waals surface area contributed by atoms with Crippen LogP contribution in [0.3, 0.4) is 0 Å². The van der Waals surface area contributed by atoms with Crippen molar-refractivity contribution in [3.8, 4) is 11.3 Å². The Morgan fingerprint density at radius 2 is 1.57 bits per heavy atom. The Labute approximate surface area is 186 Å². The van der Waals surface area contributed by atoms with E-state index in [2.05, 4.69) is 48.6 Å². The molecule has 0 spiro atoms. The predicted molar refractivity (Wildman–Crippen MR) is 123 cm³/mol. The van der Waals surface area contributed by atoms with Crippen molar-refractivity contribution in [1.29, 1.82) is 0 Å². The first-order chi connectivity index (χ1) is 14.6. The van der Waals surface area contributed by atoms with Gasteiger partial charge in [-0.3, -0.25) is 0 Å². The van der Waals surface area contributed by atoms with Gasteiger partial charge >= 0.3 is 0 Å². The van der Waals surface area contributed by atoms with Crippen LogP contribution in [-0.4, -0.2) is 15.0 Å². The fraction of sp³-hybridized carbons (Fsp3) is 0.167. The van der Waals surface area contributed by atoms with Crippen LogP contribution in [0.25, 0.3) is 11.3 Å². The molecule has 0 aliphatic rings. The lowest BCUT2D eigenvalue weighted by Crippen LogP contribution is -2.19. The normalized spacial score (nSPS) is 12.1. The highest BCUT2D eigenvalue weighted by Gasteiger charge is 2.15. The summed E-state index contributed by atoms with van der Waals surface area (Å²) in [7, 11) is 0. The molecule has 4 aromatic rings. The minimum Gasteiger partial charge on any atom is -0.304 e. The van der Waals surface area contributed by atoms with Crippen LogP contribution in [0.2, 0.25) is 10.0 Å². The molecule has 4 rings (SSSR count). The first-order valence-corrected chi connectivity index (χ1v) is 10.6. The number of hydrogen-bond acceptors (Lipinski definition) is 3. The van der Waals surface area contributed by atoms with Crippen molar-refractivity contribution >= 4 is 23.2 Å². The Morgan fingerprint density at radius 1 is 0.867 bits per heavy atom. The lowest BCUT2D eigenvalue weighted by atomic mass is 10.1. The monoisotopic (exact) mass is 436 g/mol. The first-order valence-electron chi connectivity index (χ1n) is 9.82. The number of halogens is 2. The third-order valence-corrected chi connectivity index (χ3v) is 5.69. The molecule has 1 atom stereocenters. The molecule has 6 heteroatoms. The van der Waals surface area contributed by atoms with Crippen LogP contribution in [0.4, 0.5) is 0 Å². The largest absolute Gasteiger partial charge is 0.304 e. The smallest absolute Gasteiger partial charge is 0.117 e. The summed E-state index contributed by atoms with van der Waals surface area (Å²) < 4.78 is 0. The van der Waals surface area contributed by atoms with Gasteiger partial charge in [-0.25, -0.2) is 0 Å². The summed E-state index contributed by atoms with van der Waals surface area (Å²) in [5.41, 5.74) is 5.06. The van der Waals surface area contributed by atoms with Crippen LogP contribution in [0.15, 0.2) is 78.9 Å². The van der Waals surface area contributed by atoms with Crippen LogP contribution >= 0.6 is 23.2 Å². The minimum absolute atomic E-state index is 0.204. The van der Waals surface area contributed by atoms with E-state index in [1.807, 2.05) is 36.4 Å². The summed E-state index contributed by atoms with van der Waals surface area (Å²) in [6.07, 6.45) is 0. The highest BCUT2D eigenvalue weighted by molar-refractivity contribution is 6.42. The summed E-state index contributed by atoms with van der Waals surface area (Å²) in [5.74, 6) is 0. The van der Waals surface area contributed by atoms with Crippen molar-refractivity contribution < 1.29 is 0 Å². The summed E-state index contributed by atoms with van der Waals surface area (Å²) >= 11 is 12.2. The molecule has 0 aliphatic carbocycles. The summed E-state index contributed by atoms with van der Waals surface area (Å²) in [6, 6.07) is 26.3. The molecule has 0 saturated heterocycles. The molecule has 0 aliphatic heterocycles. The van der Waals surface area contributed by atoms with Crippen molar-refractivity contribution in [3.63, 3.8) is 0 Å². The molecule has 4 nitrogen and oxygen atoms in total. The van der Waals surface area contributed by atoms with Crippen LogP contribution in [-0.2, 0) is 13.1 Å². The molecule has 1 heterocycles. The molecule has 0 radical (unpaired) electrons. The molecular weight excluding hydrogens is 415 g/mol. The highest BCUT2D eigenvalue weighted by Crippen LogP contribution is 2.24. The van der Waals surface area contributed by atoms with Gasteiger partial charge in [0.15, 0.2) is 0 Å². The van der Waals surface area contributed by atoms with E-state index in [9.17, 15) is 0 Å². The second-order valence-electron chi connectivity index (χ2n) is 7.15. The quantitative estimate of drug-likeness (QED) is 0.377. The van der Waals surface area contributed by atoms with Gasteiger partial charge < -0.3 is 5.32 Å². The summed E-state index contributed by atoms with van der Waals surface area (Å²) in [4.78, 5) is 1.71. The number of aromatic nitrogens is 3. The lowest BCUT2D eigenvalue weighted by Gasteiger charge is -2.13. The van der Waals surface area contributed by atoms with E-state index in [0.717, 1.165) is 22.5 Å². The van der Waals surface area contributed by atoms with E-state index in [4.69, 9.17) is 33.4 Å². The average Bonchev–Trinajstić information content (AvgIpc) is 3.18. The molecule has 0 bridgehead atoms. The number of hydrogen-bond donors (Lipinski definition) is 1. The predicted octanol–water partition coefficient (Wildman–Crippen LogP) is 6.15. The Bertz CT molecular complexity index is 1110. The molecule has 152 valence electrons. The van der Waals surface area contributed by atoms with Crippen LogP contribution in [0, 0.1) is 0 Å². The Hall–Kier alpha value is -2.66. The van der Waals surface area contributed by atoms with E-state index in [-0.39, 0.29) is 6.04 Å². The third-order valence-electron chi connectivity index (χ3n) is 4.96. The zero-order valence-corrected chi connectivity index (χ0v) is 18.1. The van der Waals surface area contributed by atoms with Gasteiger partial charge in [-0.05, 0) is 30.2 Å². The van der Waals surface area contributed by atoms with Crippen molar-refractivity contribution in [2.75, 3.05) is 0 Å². The second kappa shape index (κ2) is 9.43. The summed E-state index contributed by atoms with van der Waals surface area (Å²) in [6.45, 7) is 3.28. The van der Waals surface area contributed by atoms with Crippen LogP contribution in [0.5, 0.6) is 0 Å². The zero-order chi connectivity index (χ0) is 20.9. The van der Waals surface area contributed by atoms with Crippen molar-refractivity contribution in [3.05, 3.63) is 106 Å². The molecule has 30 heavy (non-hydrogen) atoms. The number of rotatable bonds is 7. The second-order valence-corrected chi connectivity index (χ2v) is 7.97. The average molecular weight is 437 g/mol.